The van der Waals surface area contributed by atoms with Crippen molar-refractivity contribution in [3.8, 4) is 0 Å². The fraction of sp³-hybridized carbons (Fsp3) is 0.533. The highest BCUT2D eigenvalue weighted by molar-refractivity contribution is 7.80. The van der Waals surface area contributed by atoms with Gasteiger partial charge in [-0.25, -0.2) is 4.39 Å². The third kappa shape index (κ3) is 3.12. The van der Waals surface area contributed by atoms with E-state index in [4.69, 9.17) is 18.0 Å². The highest BCUT2D eigenvalue weighted by atomic mass is 32.1. The van der Waals surface area contributed by atoms with E-state index in [1.165, 1.54) is 25.7 Å². The molecule has 1 aromatic rings. The molecule has 0 bridgehead atoms. The molecule has 0 atom stereocenters. The minimum atomic E-state index is -0.239. The van der Waals surface area contributed by atoms with Crippen LogP contribution in [0.1, 0.15) is 36.8 Å². The van der Waals surface area contributed by atoms with E-state index in [-0.39, 0.29) is 10.8 Å². The van der Waals surface area contributed by atoms with Gasteiger partial charge in [-0.05, 0) is 37.7 Å². The van der Waals surface area contributed by atoms with Crippen molar-refractivity contribution < 1.29 is 4.39 Å². The number of thiocarbonyl (C=S) groups is 1. The summed E-state index contributed by atoms with van der Waals surface area (Å²) in [4.78, 5) is 2.57. The van der Waals surface area contributed by atoms with Crippen molar-refractivity contribution in [2.45, 2.75) is 38.3 Å². The molecule has 2 N–H and O–H groups in total. The maximum Gasteiger partial charge on any atom is 0.137 e. The van der Waals surface area contributed by atoms with Gasteiger partial charge in [0.15, 0.2) is 0 Å². The Bertz CT molecular complexity index is 495. The van der Waals surface area contributed by atoms with Gasteiger partial charge in [0, 0.05) is 30.3 Å². The Labute approximate surface area is 118 Å². The van der Waals surface area contributed by atoms with Gasteiger partial charge in [0.1, 0.15) is 10.8 Å². The van der Waals surface area contributed by atoms with E-state index in [0.717, 1.165) is 18.0 Å². The molecule has 2 saturated carbocycles. The molecule has 0 aromatic heterocycles. The van der Waals surface area contributed by atoms with Crippen LogP contribution in [0.4, 0.5) is 4.39 Å². The number of benzene rings is 1. The number of hydrogen-bond acceptors (Lipinski definition) is 2. The van der Waals surface area contributed by atoms with Gasteiger partial charge < -0.3 is 5.73 Å². The van der Waals surface area contributed by atoms with Crippen LogP contribution in [0.5, 0.6) is 0 Å². The van der Waals surface area contributed by atoms with Gasteiger partial charge in [-0.1, -0.05) is 24.4 Å². The number of rotatable bonds is 6. The summed E-state index contributed by atoms with van der Waals surface area (Å²) in [6.07, 6.45) is 5.17. The zero-order chi connectivity index (χ0) is 13.4. The molecular formula is C15H19FN2S. The van der Waals surface area contributed by atoms with Crippen molar-refractivity contribution in [1.82, 2.24) is 4.90 Å². The monoisotopic (exact) mass is 278 g/mol. The minimum absolute atomic E-state index is 0.138. The van der Waals surface area contributed by atoms with Gasteiger partial charge >= 0.3 is 0 Å². The van der Waals surface area contributed by atoms with E-state index in [2.05, 4.69) is 4.90 Å². The van der Waals surface area contributed by atoms with Gasteiger partial charge in [-0.2, -0.15) is 0 Å². The van der Waals surface area contributed by atoms with E-state index in [0.29, 0.717) is 18.2 Å². The van der Waals surface area contributed by atoms with Crippen molar-refractivity contribution >= 4 is 17.2 Å². The number of nitrogens with two attached hydrogens (primary N) is 1. The standard InChI is InChI=1S/C15H19FN2S/c16-14-11(2-1-3-13(14)15(17)19)9-18(12-6-7-12)8-10-4-5-10/h1-3,10,12H,4-9H2,(H2,17,19). The van der Waals surface area contributed by atoms with E-state index in [9.17, 15) is 4.39 Å². The second-order valence-corrected chi connectivity index (χ2v) is 6.19. The van der Waals surface area contributed by atoms with Gasteiger partial charge in [-0.15, -0.1) is 0 Å². The second kappa shape index (κ2) is 5.17. The van der Waals surface area contributed by atoms with E-state index >= 15 is 0 Å². The fourth-order valence-corrected chi connectivity index (χ4v) is 2.68. The molecule has 2 fully saturated rings. The lowest BCUT2D eigenvalue weighted by Crippen LogP contribution is -2.28. The summed E-state index contributed by atoms with van der Waals surface area (Å²) in [6.45, 7) is 1.80. The van der Waals surface area contributed by atoms with Crippen LogP contribution in [-0.2, 0) is 6.54 Å². The molecule has 1 aromatic carbocycles. The van der Waals surface area contributed by atoms with E-state index in [1.54, 1.807) is 6.07 Å². The van der Waals surface area contributed by atoms with Crippen molar-refractivity contribution in [3.05, 3.63) is 35.1 Å². The molecule has 0 unspecified atom stereocenters. The summed E-state index contributed by atoms with van der Waals surface area (Å²) < 4.78 is 14.3. The van der Waals surface area contributed by atoms with Crippen molar-refractivity contribution in [3.63, 3.8) is 0 Å². The minimum Gasteiger partial charge on any atom is -0.389 e. The van der Waals surface area contributed by atoms with Gasteiger partial charge in [0.25, 0.3) is 0 Å². The molecule has 0 saturated heterocycles. The second-order valence-electron chi connectivity index (χ2n) is 5.75. The Morgan fingerprint density at radius 3 is 2.63 bits per heavy atom. The molecule has 102 valence electrons. The van der Waals surface area contributed by atoms with Crippen LogP contribution >= 0.6 is 12.2 Å². The molecule has 0 heterocycles. The first-order valence-corrected chi connectivity index (χ1v) is 7.37. The van der Waals surface area contributed by atoms with Crippen molar-refractivity contribution in [1.29, 1.82) is 0 Å². The predicted molar refractivity (Wildman–Crippen MR) is 78.4 cm³/mol. The zero-order valence-electron chi connectivity index (χ0n) is 10.9. The molecule has 3 rings (SSSR count). The number of halogens is 1. The Kier molecular flexibility index (Phi) is 3.54. The van der Waals surface area contributed by atoms with Crippen LogP contribution < -0.4 is 5.73 Å². The van der Waals surface area contributed by atoms with Gasteiger partial charge in [-0.3, -0.25) is 4.90 Å². The summed E-state index contributed by atoms with van der Waals surface area (Å²) in [6, 6.07) is 6.01. The summed E-state index contributed by atoms with van der Waals surface area (Å²) in [7, 11) is 0. The first kappa shape index (κ1) is 13.0. The van der Waals surface area contributed by atoms with Gasteiger partial charge in [0.05, 0.1) is 0 Å². The lowest BCUT2D eigenvalue weighted by Gasteiger charge is -2.22. The summed E-state index contributed by atoms with van der Waals surface area (Å²) in [5.41, 5.74) is 6.65. The van der Waals surface area contributed by atoms with Crippen LogP contribution in [0, 0.1) is 11.7 Å². The maximum atomic E-state index is 14.3. The summed E-state index contributed by atoms with van der Waals surface area (Å²) in [5, 5.41) is 0. The van der Waals surface area contributed by atoms with Crippen LogP contribution in [0.2, 0.25) is 0 Å². The fourth-order valence-electron chi connectivity index (χ4n) is 2.53. The third-order valence-corrected chi connectivity index (χ3v) is 4.19. The topological polar surface area (TPSA) is 29.3 Å². The summed E-state index contributed by atoms with van der Waals surface area (Å²) in [5.74, 6) is 0.596. The molecular weight excluding hydrogens is 259 g/mol. The van der Waals surface area contributed by atoms with E-state index < -0.39 is 0 Å². The molecule has 0 spiro atoms. The largest absolute Gasteiger partial charge is 0.389 e. The lowest BCUT2D eigenvalue weighted by molar-refractivity contribution is 0.241. The smallest absolute Gasteiger partial charge is 0.137 e. The van der Waals surface area contributed by atoms with Crippen molar-refractivity contribution in [2.24, 2.45) is 11.7 Å². The van der Waals surface area contributed by atoms with Crippen molar-refractivity contribution in [2.75, 3.05) is 6.54 Å². The molecule has 0 aliphatic heterocycles. The van der Waals surface area contributed by atoms with Crippen LogP contribution in [-0.4, -0.2) is 22.5 Å². The number of nitrogens with zero attached hydrogens (tertiary/aromatic N) is 1. The zero-order valence-corrected chi connectivity index (χ0v) is 11.8. The molecule has 2 aliphatic rings. The lowest BCUT2D eigenvalue weighted by atomic mass is 10.1. The maximum absolute atomic E-state index is 14.3. The molecule has 19 heavy (non-hydrogen) atoms. The quantitative estimate of drug-likeness (QED) is 0.811. The van der Waals surface area contributed by atoms with Gasteiger partial charge in [0.2, 0.25) is 0 Å². The molecule has 2 nitrogen and oxygen atoms in total. The average Bonchev–Trinajstić information content (AvgIpc) is 3.24. The number of hydrogen-bond donors (Lipinski definition) is 1. The Hall–Kier alpha value is -1.00. The van der Waals surface area contributed by atoms with Crippen LogP contribution in [0.25, 0.3) is 0 Å². The molecule has 0 amide bonds. The third-order valence-electron chi connectivity index (χ3n) is 3.97. The Balaban J connectivity index is 1.76. The average molecular weight is 278 g/mol. The molecule has 0 radical (unpaired) electrons. The first-order chi connectivity index (χ1) is 9.15. The summed E-state index contributed by atoms with van der Waals surface area (Å²) >= 11 is 4.89. The van der Waals surface area contributed by atoms with Crippen LogP contribution in [0.15, 0.2) is 18.2 Å². The SMILES string of the molecule is NC(=S)c1cccc(CN(CC2CC2)C2CC2)c1F. The highest BCUT2D eigenvalue weighted by Gasteiger charge is 2.34. The van der Waals surface area contributed by atoms with E-state index in [1.807, 2.05) is 12.1 Å². The Morgan fingerprint density at radius 1 is 1.32 bits per heavy atom. The predicted octanol–water partition coefficient (Wildman–Crippen LogP) is 2.83. The highest BCUT2D eigenvalue weighted by Crippen LogP contribution is 2.35. The Morgan fingerprint density at radius 2 is 2.05 bits per heavy atom. The first-order valence-electron chi connectivity index (χ1n) is 6.96. The molecule has 2 aliphatic carbocycles. The van der Waals surface area contributed by atoms with Crippen LogP contribution in [0.3, 0.4) is 0 Å². The molecule has 4 heteroatoms. The normalized spacial score (nSPS) is 18.8.